The van der Waals surface area contributed by atoms with Gasteiger partial charge in [-0.1, -0.05) is 24.3 Å². The molecule has 0 aliphatic carbocycles. The molecule has 23 heavy (non-hydrogen) atoms. The minimum Gasteiger partial charge on any atom is -0.351 e. The van der Waals surface area contributed by atoms with Crippen LogP contribution in [0.2, 0.25) is 0 Å². The standard InChI is InChI=1S/C17H23N3O2S/c1-5-6-14(21)19-16-18-12-8-7-11(9-13(12)23-16)10-15(22)20-17(2,3)4/h7-9H,5-6,10H2,1-4H3,(H,20,22)(H,18,19,21). The van der Waals surface area contributed by atoms with E-state index in [-0.39, 0.29) is 17.4 Å². The summed E-state index contributed by atoms with van der Waals surface area (Å²) in [6.45, 7) is 7.85. The van der Waals surface area contributed by atoms with Gasteiger partial charge in [-0.3, -0.25) is 9.59 Å². The molecule has 0 saturated carbocycles. The van der Waals surface area contributed by atoms with Gasteiger partial charge in [-0.05, 0) is 44.9 Å². The lowest BCUT2D eigenvalue weighted by molar-refractivity contribution is -0.121. The van der Waals surface area contributed by atoms with Crippen LogP contribution in [0.1, 0.15) is 46.1 Å². The van der Waals surface area contributed by atoms with E-state index in [1.54, 1.807) is 0 Å². The normalized spacial score (nSPS) is 11.5. The monoisotopic (exact) mass is 333 g/mol. The highest BCUT2D eigenvalue weighted by Gasteiger charge is 2.14. The lowest BCUT2D eigenvalue weighted by atomic mass is 10.1. The molecule has 2 amide bonds. The van der Waals surface area contributed by atoms with Gasteiger partial charge in [0.15, 0.2) is 5.13 Å². The van der Waals surface area contributed by atoms with Crippen molar-refractivity contribution in [3.05, 3.63) is 23.8 Å². The maximum atomic E-state index is 12.0. The highest BCUT2D eigenvalue weighted by molar-refractivity contribution is 7.22. The number of nitrogens with zero attached hydrogens (tertiary/aromatic N) is 1. The zero-order chi connectivity index (χ0) is 17.0. The highest BCUT2D eigenvalue weighted by atomic mass is 32.1. The molecule has 0 unspecified atom stereocenters. The predicted molar refractivity (Wildman–Crippen MR) is 94.8 cm³/mol. The Labute approximate surface area is 140 Å². The first-order valence-electron chi connectivity index (χ1n) is 7.77. The Balaban J connectivity index is 2.10. The van der Waals surface area contributed by atoms with E-state index in [2.05, 4.69) is 15.6 Å². The fraction of sp³-hybridized carbons (Fsp3) is 0.471. The fourth-order valence-electron chi connectivity index (χ4n) is 2.19. The van der Waals surface area contributed by atoms with E-state index in [4.69, 9.17) is 0 Å². The molecule has 0 aliphatic rings. The number of benzene rings is 1. The number of fused-ring (bicyclic) bond motifs is 1. The summed E-state index contributed by atoms with van der Waals surface area (Å²) in [5, 5.41) is 6.37. The topological polar surface area (TPSA) is 71.1 Å². The Morgan fingerprint density at radius 3 is 2.61 bits per heavy atom. The van der Waals surface area contributed by atoms with Crippen LogP contribution in [-0.2, 0) is 16.0 Å². The molecule has 1 heterocycles. The van der Waals surface area contributed by atoms with Crippen LogP contribution in [0, 0.1) is 0 Å². The summed E-state index contributed by atoms with van der Waals surface area (Å²) in [5.74, 6) is -0.0193. The maximum absolute atomic E-state index is 12.0. The number of rotatable bonds is 5. The fourth-order valence-corrected chi connectivity index (χ4v) is 3.13. The van der Waals surface area contributed by atoms with E-state index < -0.39 is 0 Å². The first kappa shape index (κ1) is 17.4. The lowest BCUT2D eigenvalue weighted by Crippen LogP contribution is -2.41. The molecule has 2 aromatic rings. The number of carbonyl (C=O) groups excluding carboxylic acids is 2. The van der Waals surface area contributed by atoms with Gasteiger partial charge >= 0.3 is 0 Å². The second kappa shape index (κ2) is 7.08. The summed E-state index contributed by atoms with van der Waals surface area (Å²) in [6.07, 6.45) is 1.64. The van der Waals surface area contributed by atoms with Crippen LogP contribution < -0.4 is 10.6 Å². The molecule has 0 atom stereocenters. The Hall–Kier alpha value is -1.95. The van der Waals surface area contributed by atoms with Gasteiger partial charge < -0.3 is 10.6 Å². The van der Waals surface area contributed by atoms with Crippen LogP contribution in [0.15, 0.2) is 18.2 Å². The molecule has 0 radical (unpaired) electrons. The molecule has 2 N–H and O–H groups in total. The van der Waals surface area contributed by atoms with E-state index in [9.17, 15) is 9.59 Å². The number of aromatic nitrogens is 1. The summed E-state index contributed by atoms with van der Waals surface area (Å²) in [7, 11) is 0. The lowest BCUT2D eigenvalue weighted by Gasteiger charge is -2.20. The van der Waals surface area contributed by atoms with Crippen molar-refractivity contribution in [2.45, 2.75) is 52.5 Å². The molecule has 1 aromatic carbocycles. The minimum atomic E-state index is -0.234. The van der Waals surface area contributed by atoms with Crippen LogP contribution >= 0.6 is 11.3 Å². The van der Waals surface area contributed by atoms with Crippen LogP contribution in [0.25, 0.3) is 10.2 Å². The zero-order valence-electron chi connectivity index (χ0n) is 14.0. The van der Waals surface area contributed by atoms with Crippen molar-refractivity contribution in [2.75, 3.05) is 5.32 Å². The molecule has 2 rings (SSSR count). The zero-order valence-corrected chi connectivity index (χ0v) is 14.8. The third-order valence-corrected chi connectivity index (χ3v) is 3.99. The second-order valence-electron chi connectivity index (χ2n) is 6.59. The number of amides is 2. The predicted octanol–water partition coefficient (Wildman–Crippen LogP) is 3.49. The van der Waals surface area contributed by atoms with Crippen molar-refractivity contribution in [3.8, 4) is 0 Å². The Kier molecular flexibility index (Phi) is 5.36. The molecule has 124 valence electrons. The van der Waals surface area contributed by atoms with Crippen molar-refractivity contribution in [2.24, 2.45) is 0 Å². The first-order valence-corrected chi connectivity index (χ1v) is 8.59. The van der Waals surface area contributed by atoms with Crippen molar-refractivity contribution >= 4 is 38.5 Å². The molecule has 0 spiro atoms. The van der Waals surface area contributed by atoms with Crippen LogP contribution in [-0.4, -0.2) is 22.3 Å². The number of anilines is 1. The van der Waals surface area contributed by atoms with E-state index in [1.807, 2.05) is 45.9 Å². The van der Waals surface area contributed by atoms with E-state index in [1.165, 1.54) is 11.3 Å². The van der Waals surface area contributed by atoms with Gasteiger partial charge in [-0.25, -0.2) is 4.98 Å². The molecule has 1 aromatic heterocycles. The van der Waals surface area contributed by atoms with Gasteiger partial charge in [0.05, 0.1) is 16.6 Å². The molecular formula is C17H23N3O2S. The van der Waals surface area contributed by atoms with E-state index in [0.29, 0.717) is 18.0 Å². The van der Waals surface area contributed by atoms with Gasteiger partial charge in [0.1, 0.15) is 0 Å². The van der Waals surface area contributed by atoms with Gasteiger partial charge in [-0.15, -0.1) is 0 Å². The van der Waals surface area contributed by atoms with Gasteiger partial charge in [0.25, 0.3) is 0 Å². The Morgan fingerprint density at radius 2 is 1.96 bits per heavy atom. The molecule has 0 aliphatic heterocycles. The summed E-state index contributed by atoms with van der Waals surface area (Å²) in [5.41, 5.74) is 1.54. The largest absolute Gasteiger partial charge is 0.351 e. The maximum Gasteiger partial charge on any atom is 0.226 e. The van der Waals surface area contributed by atoms with Crippen molar-refractivity contribution in [1.82, 2.24) is 10.3 Å². The van der Waals surface area contributed by atoms with Crippen LogP contribution in [0.3, 0.4) is 0 Å². The average molecular weight is 333 g/mol. The number of hydrogen-bond donors (Lipinski definition) is 2. The average Bonchev–Trinajstić information content (AvgIpc) is 2.77. The van der Waals surface area contributed by atoms with Gasteiger partial charge in [0.2, 0.25) is 11.8 Å². The molecule has 5 nitrogen and oxygen atoms in total. The summed E-state index contributed by atoms with van der Waals surface area (Å²) in [6, 6.07) is 5.76. The Bertz CT molecular complexity index is 716. The summed E-state index contributed by atoms with van der Waals surface area (Å²) in [4.78, 5) is 28.0. The van der Waals surface area contributed by atoms with Crippen molar-refractivity contribution in [3.63, 3.8) is 0 Å². The quantitative estimate of drug-likeness (QED) is 0.880. The molecule has 0 saturated heterocycles. The number of thiazole rings is 1. The van der Waals surface area contributed by atoms with Crippen molar-refractivity contribution < 1.29 is 9.59 Å². The SMILES string of the molecule is CCCC(=O)Nc1nc2ccc(CC(=O)NC(C)(C)C)cc2s1. The van der Waals surface area contributed by atoms with Crippen LogP contribution in [0.4, 0.5) is 5.13 Å². The third kappa shape index (κ3) is 5.32. The molecular weight excluding hydrogens is 310 g/mol. The van der Waals surface area contributed by atoms with Crippen molar-refractivity contribution in [1.29, 1.82) is 0 Å². The molecule has 6 heteroatoms. The summed E-state index contributed by atoms with van der Waals surface area (Å²) < 4.78 is 0.970. The Morgan fingerprint density at radius 1 is 1.22 bits per heavy atom. The summed E-state index contributed by atoms with van der Waals surface area (Å²) >= 11 is 1.43. The van der Waals surface area contributed by atoms with E-state index >= 15 is 0 Å². The van der Waals surface area contributed by atoms with Gasteiger partial charge in [0, 0.05) is 12.0 Å². The van der Waals surface area contributed by atoms with E-state index in [0.717, 1.165) is 22.2 Å². The number of hydrogen-bond acceptors (Lipinski definition) is 4. The van der Waals surface area contributed by atoms with Crippen LogP contribution in [0.5, 0.6) is 0 Å². The number of nitrogens with one attached hydrogen (secondary N) is 2. The minimum absolute atomic E-state index is 0.00200. The smallest absolute Gasteiger partial charge is 0.226 e. The highest BCUT2D eigenvalue weighted by Crippen LogP contribution is 2.27. The number of carbonyl (C=O) groups is 2. The first-order chi connectivity index (χ1) is 10.8. The second-order valence-corrected chi connectivity index (χ2v) is 7.62. The molecule has 0 bridgehead atoms. The third-order valence-electron chi connectivity index (χ3n) is 3.06. The van der Waals surface area contributed by atoms with Gasteiger partial charge in [-0.2, -0.15) is 0 Å². The molecule has 0 fully saturated rings.